The summed E-state index contributed by atoms with van der Waals surface area (Å²) < 4.78 is 0.837. The van der Waals surface area contributed by atoms with Gasteiger partial charge in [-0.2, -0.15) is 0 Å². The Bertz CT molecular complexity index is 412. The molecule has 2 aromatic heterocycles. The number of hydrogen-bond donors (Lipinski definition) is 0. The molecule has 0 unspecified atom stereocenters. The van der Waals surface area contributed by atoms with Gasteiger partial charge in [-0.05, 0) is 28.1 Å². The van der Waals surface area contributed by atoms with E-state index in [9.17, 15) is 0 Å². The normalized spacial score (nSPS) is 10.3. The first-order chi connectivity index (χ1) is 6.25. The largest absolute Gasteiger partial charge is 0.252 e. The highest BCUT2D eigenvalue weighted by atomic mass is 79.9. The van der Waals surface area contributed by atoms with E-state index in [1.54, 1.807) is 23.6 Å². The van der Waals surface area contributed by atoms with Gasteiger partial charge in [0.15, 0.2) is 0 Å². The molecular formula is C8H4BrClN2S. The number of rotatable bonds is 1. The van der Waals surface area contributed by atoms with Gasteiger partial charge >= 0.3 is 0 Å². The van der Waals surface area contributed by atoms with Crippen molar-refractivity contribution in [1.82, 2.24) is 9.97 Å². The van der Waals surface area contributed by atoms with E-state index >= 15 is 0 Å². The van der Waals surface area contributed by atoms with Gasteiger partial charge in [0.2, 0.25) is 0 Å². The number of thiazole rings is 1. The fraction of sp³-hybridized carbons (Fsp3) is 0. The molecule has 0 spiro atoms. The maximum atomic E-state index is 5.72. The zero-order valence-electron chi connectivity index (χ0n) is 6.37. The van der Waals surface area contributed by atoms with E-state index in [4.69, 9.17) is 11.6 Å². The zero-order valence-corrected chi connectivity index (χ0v) is 9.53. The fourth-order valence-corrected chi connectivity index (χ4v) is 2.22. The Morgan fingerprint density at radius 2 is 2.23 bits per heavy atom. The number of hydrogen-bond acceptors (Lipinski definition) is 3. The summed E-state index contributed by atoms with van der Waals surface area (Å²) in [4.78, 5) is 8.40. The Morgan fingerprint density at radius 3 is 2.77 bits per heavy atom. The van der Waals surface area contributed by atoms with Crippen LogP contribution in [0.5, 0.6) is 0 Å². The fourth-order valence-electron chi connectivity index (χ4n) is 0.874. The van der Waals surface area contributed by atoms with E-state index in [-0.39, 0.29) is 0 Å². The first-order valence-corrected chi connectivity index (χ1v) is 5.54. The molecule has 0 amide bonds. The van der Waals surface area contributed by atoms with Crippen molar-refractivity contribution < 1.29 is 0 Å². The lowest BCUT2D eigenvalue weighted by Gasteiger charge is -1.93. The first-order valence-electron chi connectivity index (χ1n) is 3.48. The molecule has 2 aromatic rings. The molecule has 0 aliphatic rings. The van der Waals surface area contributed by atoms with E-state index in [0.717, 1.165) is 15.3 Å². The highest BCUT2D eigenvalue weighted by Crippen LogP contribution is 2.24. The van der Waals surface area contributed by atoms with Crippen LogP contribution in [0.1, 0.15) is 0 Å². The van der Waals surface area contributed by atoms with Crippen molar-refractivity contribution in [3.8, 4) is 10.7 Å². The van der Waals surface area contributed by atoms with Crippen molar-refractivity contribution in [1.29, 1.82) is 0 Å². The monoisotopic (exact) mass is 274 g/mol. The molecule has 0 fully saturated rings. The van der Waals surface area contributed by atoms with Crippen molar-refractivity contribution >= 4 is 38.9 Å². The zero-order chi connectivity index (χ0) is 9.26. The van der Waals surface area contributed by atoms with Crippen LogP contribution in [0, 0.1) is 0 Å². The molecule has 0 N–H and O–H groups in total. The average Bonchev–Trinajstić information content (AvgIpc) is 2.53. The molecule has 0 aliphatic carbocycles. The Morgan fingerprint density at radius 1 is 1.38 bits per heavy atom. The minimum absolute atomic E-state index is 0.638. The van der Waals surface area contributed by atoms with Crippen LogP contribution in [0.25, 0.3) is 10.7 Å². The van der Waals surface area contributed by atoms with E-state index in [1.165, 1.54) is 0 Å². The van der Waals surface area contributed by atoms with Gasteiger partial charge in [0.25, 0.3) is 0 Å². The quantitative estimate of drug-likeness (QED) is 0.794. The smallest absolute Gasteiger partial charge is 0.143 e. The average molecular weight is 276 g/mol. The van der Waals surface area contributed by atoms with Crippen LogP contribution in [0.2, 0.25) is 5.02 Å². The second-order valence-corrected chi connectivity index (χ2v) is 4.44. The molecule has 66 valence electrons. The molecule has 2 heterocycles. The SMILES string of the molecule is Clc1ccc(-c2nc(Br)cs2)nc1. The third kappa shape index (κ3) is 2.07. The lowest BCUT2D eigenvalue weighted by molar-refractivity contribution is 1.28. The van der Waals surface area contributed by atoms with Gasteiger partial charge in [-0.25, -0.2) is 4.98 Å². The van der Waals surface area contributed by atoms with Gasteiger partial charge in [-0.1, -0.05) is 11.6 Å². The molecule has 0 aliphatic heterocycles. The summed E-state index contributed by atoms with van der Waals surface area (Å²) in [6.07, 6.45) is 1.62. The molecule has 0 atom stereocenters. The number of aromatic nitrogens is 2. The summed E-state index contributed by atoms with van der Waals surface area (Å²) in [5, 5.41) is 3.45. The summed E-state index contributed by atoms with van der Waals surface area (Å²) in [6, 6.07) is 3.66. The van der Waals surface area contributed by atoms with Gasteiger partial charge in [0, 0.05) is 11.6 Å². The van der Waals surface area contributed by atoms with Crippen molar-refractivity contribution in [3.05, 3.63) is 33.3 Å². The topological polar surface area (TPSA) is 25.8 Å². The van der Waals surface area contributed by atoms with Crippen LogP contribution in [-0.4, -0.2) is 9.97 Å². The van der Waals surface area contributed by atoms with E-state index in [1.807, 2.05) is 11.4 Å². The highest BCUT2D eigenvalue weighted by molar-refractivity contribution is 9.10. The number of halogens is 2. The molecule has 5 heteroatoms. The molecule has 2 rings (SSSR count). The second-order valence-electron chi connectivity index (χ2n) is 2.34. The van der Waals surface area contributed by atoms with E-state index in [0.29, 0.717) is 5.02 Å². The van der Waals surface area contributed by atoms with Crippen LogP contribution in [0.15, 0.2) is 28.3 Å². The molecular weight excluding hydrogens is 272 g/mol. The molecule has 0 aromatic carbocycles. The number of nitrogens with zero attached hydrogens (tertiary/aromatic N) is 2. The standard InChI is InChI=1S/C8H4BrClN2S/c9-7-4-13-8(12-7)6-2-1-5(10)3-11-6/h1-4H. The van der Waals surface area contributed by atoms with E-state index in [2.05, 4.69) is 25.9 Å². The Hall–Kier alpha value is -0.450. The van der Waals surface area contributed by atoms with Crippen molar-refractivity contribution in [2.75, 3.05) is 0 Å². The Balaban J connectivity index is 2.41. The molecule has 0 radical (unpaired) electrons. The predicted molar refractivity (Wildman–Crippen MR) is 58.1 cm³/mol. The third-order valence-corrected chi connectivity index (χ3v) is 3.22. The minimum atomic E-state index is 0.638. The van der Waals surface area contributed by atoms with Crippen molar-refractivity contribution in [2.24, 2.45) is 0 Å². The molecule has 0 saturated heterocycles. The Kier molecular flexibility index (Phi) is 2.62. The van der Waals surface area contributed by atoms with Gasteiger partial charge in [0.1, 0.15) is 9.61 Å². The van der Waals surface area contributed by atoms with Gasteiger partial charge in [-0.15, -0.1) is 11.3 Å². The van der Waals surface area contributed by atoms with Crippen LogP contribution in [0.3, 0.4) is 0 Å². The summed E-state index contributed by atoms with van der Waals surface area (Å²) in [6.45, 7) is 0. The number of pyridine rings is 1. The maximum Gasteiger partial charge on any atom is 0.143 e. The van der Waals surface area contributed by atoms with E-state index < -0.39 is 0 Å². The van der Waals surface area contributed by atoms with Crippen LogP contribution >= 0.6 is 38.9 Å². The lowest BCUT2D eigenvalue weighted by Crippen LogP contribution is -1.80. The van der Waals surface area contributed by atoms with Crippen LogP contribution < -0.4 is 0 Å². The minimum Gasteiger partial charge on any atom is -0.252 e. The second kappa shape index (κ2) is 3.74. The predicted octanol–water partition coefficient (Wildman–Crippen LogP) is 3.62. The first kappa shape index (κ1) is 9.12. The Labute approximate surface area is 92.7 Å². The van der Waals surface area contributed by atoms with Gasteiger partial charge in [-0.3, -0.25) is 4.98 Å². The molecule has 0 saturated carbocycles. The summed E-state index contributed by atoms with van der Waals surface area (Å²) in [5.41, 5.74) is 0.847. The maximum absolute atomic E-state index is 5.72. The highest BCUT2D eigenvalue weighted by Gasteiger charge is 2.03. The van der Waals surface area contributed by atoms with Crippen molar-refractivity contribution in [3.63, 3.8) is 0 Å². The van der Waals surface area contributed by atoms with Gasteiger partial charge < -0.3 is 0 Å². The summed E-state index contributed by atoms with van der Waals surface area (Å²) in [7, 11) is 0. The molecule has 13 heavy (non-hydrogen) atoms. The van der Waals surface area contributed by atoms with Crippen LogP contribution in [-0.2, 0) is 0 Å². The van der Waals surface area contributed by atoms with Crippen molar-refractivity contribution in [2.45, 2.75) is 0 Å². The lowest BCUT2D eigenvalue weighted by atomic mass is 10.4. The van der Waals surface area contributed by atoms with Gasteiger partial charge in [0.05, 0.1) is 10.7 Å². The molecule has 0 bridgehead atoms. The third-order valence-electron chi connectivity index (χ3n) is 1.42. The molecule has 2 nitrogen and oxygen atoms in total. The van der Waals surface area contributed by atoms with Crippen LogP contribution in [0.4, 0.5) is 0 Å². The summed E-state index contributed by atoms with van der Waals surface area (Å²) >= 11 is 10.5. The summed E-state index contributed by atoms with van der Waals surface area (Å²) in [5.74, 6) is 0.